The monoisotopic (exact) mass is 419 g/mol. The van der Waals surface area contributed by atoms with Gasteiger partial charge in [0.1, 0.15) is 6.04 Å². The third kappa shape index (κ3) is 4.63. The lowest BCUT2D eigenvalue weighted by Crippen LogP contribution is -2.50. The number of carbonyl (C=O) groups is 3. The summed E-state index contributed by atoms with van der Waals surface area (Å²) in [6, 6.07) is 14.8. The molecular weight excluding hydrogens is 390 g/mol. The maximum atomic E-state index is 13.2. The molecule has 1 N–H and O–H groups in total. The summed E-state index contributed by atoms with van der Waals surface area (Å²) in [7, 11) is 0. The third-order valence-corrected chi connectivity index (χ3v) is 5.97. The fourth-order valence-electron chi connectivity index (χ4n) is 4.36. The quantitative estimate of drug-likeness (QED) is 0.802. The summed E-state index contributed by atoms with van der Waals surface area (Å²) in [6.45, 7) is 5.21. The molecular formula is C25H29N3O3. The van der Waals surface area contributed by atoms with Gasteiger partial charge in [-0.05, 0) is 47.7 Å². The maximum absolute atomic E-state index is 13.2. The molecule has 0 bridgehead atoms. The molecule has 4 rings (SSSR count). The predicted octanol–water partition coefficient (Wildman–Crippen LogP) is 3.75. The zero-order chi connectivity index (χ0) is 22.0. The normalized spacial score (nSPS) is 18.3. The van der Waals surface area contributed by atoms with Crippen LogP contribution in [0.15, 0.2) is 48.5 Å². The lowest BCUT2D eigenvalue weighted by atomic mass is 9.92. The average molecular weight is 420 g/mol. The SMILES string of the molecule is CC(C)CC(=O)N1Cc2ccccc2CC1C(=O)Nc1ccc(N2CCCC2=O)cc1. The number of hydrogen-bond donors (Lipinski definition) is 1. The van der Waals surface area contributed by atoms with Gasteiger partial charge in [-0.2, -0.15) is 0 Å². The molecule has 6 nitrogen and oxygen atoms in total. The first-order valence-corrected chi connectivity index (χ1v) is 11.0. The van der Waals surface area contributed by atoms with Crippen LogP contribution in [-0.2, 0) is 27.3 Å². The van der Waals surface area contributed by atoms with Crippen LogP contribution in [-0.4, -0.2) is 35.2 Å². The van der Waals surface area contributed by atoms with Crippen LogP contribution in [0.2, 0.25) is 0 Å². The summed E-state index contributed by atoms with van der Waals surface area (Å²) in [5.74, 6) is 0.190. The molecule has 2 aliphatic heterocycles. The van der Waals surface area contributed by atoms with Crippen molar-refractivity contribution < 1.29 is 14.4 Å². The fourth-order valence-corrected chi connectivity index (χ4v) is 4.36. The van der Waals surface area contributed by atoms with E-state index in [4.69, 9.17) is 0 Å². The summed E-state index contributed by atoms with van der Waals surface area (Å²) in [5.41, 5.74) is 3.72. The second kappa shape index (κ2) is 8.92. The molecule has 0 saturated carbocycles. The van der Waals surface area contributed by atoms with Crippen molar-refractivity contribution in [2.24, 2.45) is 5.92 Å². The smallest absolute Gasteiger partial charge is 0.247 e. The lowest BCUT2D eigenvalue weighted by molar-refractivity contribution is -0.140. The highest BCUT2D eigenvalue weighted by Gasteiger charge is 2.34. The van der Waals surface area contributed by atoms with Gasteiger partial charge in [0.15, 0.2) is 0 Å². The molecule has 0 radical (unpaired) electrons. The van der Waals surface area contributed by atoms with Crippen molar-refractivity contribution in [3.8, 4) is 0 Å². The Bertz CT molecular complexity index is 984. The van der Waals surface area contributed by atoms with E-state index in [0.29, 0.717) is 31.5 Å². The number of carbonyl (C=O) groups excluding carboxylic acids is 3. The van der Waals surface area contributed by atoms with Gasteiger partial charge < -0.3 is 15.1 Å². The molecule has 2 aromatic carbocycles. The highest BCUT2D eigenvalue weighted by Crippen LogP contribution is 2.27. The first kappa shape index (κ1) is 21.1. The number of amides is 3. The van der Waals surface area contributed by atoms with Gasteiger partial charge in [0.05, 0.1) is 0 Å². The maximum Gasteiger partial charge on any atom is 0.247 e. The van der Waals surface area contributed by atoms with Crippen LogP contribution in [0.4, 0.5) is 11.4 Å². The van der Waals surface area contributed by atoms with Crippen molar-refractivity contribution in [1.82, 2.24) is 4.90 Å². The van der Waals surface area contributed by atoms with E-state index in [1.807, 2.05) is 62.4 Å². The average Bonchev–Trinajstić information content (AvgIpc) is 3.18. The van der Waals surface area contributed by atoms with Crippen molar-refractivity contribution in [3.05, 3.63) is 59.7 Å². The molecule has 0 spiro atoms. The number of fused-ring (bicyclic) bond motifs is 1. The zero-order valence-electron chi connectivity index (χ0n) is 18.1. The van der Waals surface area contributed by atoms with E-state index in [1.54, 1.807) is 9.80 Å². The van der Waals surface area contributed by atoms with E-state index in [2.05, 4.69) is 5.32 Å². The molecule has 2 heterocycles. The molecule has 1 fully saturated rings. The van der Waals surface area contributed by atoms with E-state index < -0.39 is 6.04 Å². The first-order valence-electron chi connectivity index (χ1n) is 11.0. The Morgan fingerprint density at radius 1 is 1.06 bits per heavy atom. The molecule has 1 saturated heterocycles. The number of rotatable bonds is 5. The minimum atomic E-state index is -0.541. The largest absolute Gasteiger partial charge is 0.326 e. The Morgan fingerprint density at radius 3 is 2.42 bits per heavy atom. The summed E-state index contributed by atoms with van der Waals surface area (Å²) in [4.78, 5) is 41.5. The Balaban J connectivity index is 1.51. The number of hydrogen-bond acceptors (Lipinski definition) is 3. The molecule has 2 aliphatic rings. The van der Waals surface area contributed by atoms with Crippen molar-refractivity contribution in [1.29, 1.82) is 0 Å². The van der Waals surface area contributed by atoms with Crippen LogP contribution in [0, 0.1) is 5.92 Å². The Labute approximate surface area is 183 Å². The minimum absolute atomic E-state index is 0.00699. The molecule has 6 heteroatoms. The Hall–Kier alpha value is -3.15. The van der Waals surface area contributed by atoms with Crippen LogP contribution in [0.3, 0.4) is 0 Å². The van der Waals surface area contributed by atoms with Gasteiger partial charge in [-0.15, -0.1) is 0 Å². The number of benzene rings is 2. The van der Waals surface area contributed by atoms with Crippen molar-refractivity contribution in [3.63, 3.8) is 0 Å². The van der Waals surface area contributed by atoms with Gasteiger partial charge in [0.25, 0.3) is 0 Å². The van der Waals surface area contributed by atoms with Crippen LogP contribution < -0.4 is 10.2 Å². The van der Waals surface area contributed by atoms with E-state index in [1.165, 1.54) is 0 Å². The number of anilines is 2. The van der Waals surface area contributed by atoms with Crippen LogP contribution in [0.5, 0.6) is 0 Å². The second-order valence-corrected chi connectivity index (χ2v) is 8.79. The van der Waals surface area contributed by atoms with Gasteiger partial charge >= 0.3 is 0 Å². The first-order chi connectivity index (χ1) is 14.9. The molecule has 2 aromatic rings. The van der Waals surface area contributed by atoms with Crippen molar-refractivity contribution in [2.75, 3.05) is 16.8 Å². The Morgan fingerprint density at radius 2 is 1.77 bits per heavy atom. The number of nitrogens with zero attached hydrogens (tertiary/aromatic N) is 2. The topological polar surface area (TPSA) is 69.7 Å². The van der Waals surface area contributed by atoms with Gasteiger partial charge in [-0.1, -0.05) is 38.1 Å². The van der Waals surface area contributed by atoms with Crippen molar-refractivity contribution in [2.45, 2.75) is 52.1 Å². The molecule has 0 aromatic heterocycles. The lowest BCUT2D eigenvalue weighted by Gasteiger charge is -2.36. The summed E-state index contributed by atoms with van der Waals surface area (Å²) in [6.07, 6.45) is 2.39. The summed E-state index contributed by atoms with van der Waals surface area (Å²) < 4.78 is 0. The molecule has 3 amide bonds. The van der Waals surface area contributed by atoms with Crippen LogP contribution in [0.1, 0.15) is 44.2 Å². The molecule has 31 heavy (non-hydrogen) atoms. The molecule has 0 aliphatic carbocycles. The highest BCUT2D eigenvalue weighted by atomic mass is 16.2. The van der Waals surface area contributed by atoms with Crippen LogP contribution >= 0.6 is 0 Å². The van der Waals surface area contributed by atoms with Gasteiger partial charge in [-0.25, -0.2) is 0 Å². The fraction of sp³-hybridized carbons (Fsp3) is 0.400. The predicted molar refractivity (Wildman–Crippen MR) is 121 cm³/mol. The standard InChI is InChI=1S/C25H29N3O3/c1-17(2)14-24(30)28-16-19-7-4-3-6-18(19)15-22(28)25(31)26-20-9-11-21(12-10-20)27-13-5-8-23(27)29/h3-4,6-7,9-12,17,22H,5,8,13-16H2,1-2H3,(H,26,31). The van der Waals surface area contributed by atoms with E-state index in [-0.39, 0.29) is 23.6 Å². The minimum Gasteiger partial charge on any atom is -0.326 e. The highest BCUT2D eigenvalue weighted by molar-refractivity contribution is 5.98. The summed E-state index contributed by atoms with van der Waals surface area (Å²) in [5, 5.41) is 2.97. The number of nitrogens with one attached hydrogen (secondary N) is 1. The van der Waals surface area contributed by atoms with Gasteiger partial charge in [-0.3, -0.25) is 14.4 Å². The molecule has 1 unspecified atom stereocenters. The van der Waals surface area contributed by atoms with E-state index >= 15 is 0 Å². The molecule has 162 valence electrons. The summed E-state index contributed by atoms with van der Waals surface area (Å²) >= 11 is 0. The van der Waals surface area contributed by atoms with E-state index in [9.17, 15) is 14.4 Å². The zero-order valence-corrected chi connectivity index (χ0v) is 18.1. The second-order valence-electron chi connectivity index (χ2n) is 8.79. The van der Waals surface area contributed by atoms with Gasteiger partial charge in [0, 0.05) is 43.7 Å². The molecule has 1 atom stereocenters. The van der Waals surface area contributed by atoms with E-state index in [0.717, 1.165) is 29.8 Å². The van der Waals surface area contributed by atoms with Crippen LogP contribution in [0.25, 0.3) is 0 Å². The van der Waals surface area contributed by atoms with Gasteiger partial charge in [0.2, 0.25) is 17.7 Å². The Kier molecular flexibility index (Phi) is 6.07. The van der Waals surface area contributed by atoms with Crippen molar-refractivity contribution >= 4 is 29.1 Å². The third-order valence-electron chi connectivity index (χ3n) is 5.97.